The van der Waals surface area contributed by atoms with Gasteiger partial charge in [0, 0.05) is 13.1 Å². The van der Waals surface area contributed by atoms with Crippen LogP contribution in [-0.4, -0.2) is 33.2 Å². The highest BCUT2D eigenvalue weighted by Gasteiger charge is 1.95. The smallest absolute Gasteiger partial charge is 0.133 e. The van der Waals surface area contributed by atoms with Crippen molar-refractivity contribution in [1.29, 1.82) is 0 Å². The standard InChI is InChI=1S/C8H16N2S4.H2S/c1-3-13-7(11)9-5-6-10-8(12)14-4-2;/h3-6H2,1-2H3,(H,9,11)(H,10,12);1H2. The van der Waals surface area contributed by atoms with Crippen molar-refractivity contribution in [1.82, 2.24) is 10.6 Å². The molecule has 0 amide bonds. The highest BCUT2D eigenvalue weighted by molar-refractivity contribution is 8.23. The Balaban J connectivity index is 0. The molecule has 7 heteroatoms. The van der Waals surface area contributed by atoms with Crippen molar-refractivity contribution >= 4 is 70.1 Å². The molecule has 2 nitrogen and oxygen atoms in total. The van der Waals surface area contributed by atoms with Crippen LogP contribution in [-0.2, 0) is 0 Å². The van der Waals surface area contributed by atoms with Gasteiger partial charge in [0.05, 0.1) is 0 Å². The van der Waals surface area contributed by atoms with Crippen molar-refractivity contribution in [2.45, 2.75) is 13.8 Å². The maximum atomic E-state index is 5.07. The predicted molar refractivity (Wildman–Crippen MR) is 87.8 cm³/mol. The van der Waals surface area contributed by atoms with Crippen LogP contribution in [0.25, 0.3) is 0 Å². The Labute approximate surface area is 119 Å². The number of thiocarbonyl (C=S) groups is 2. The second-order valence-electron chi connectivity index (χ2n) is 2.29. The van der Waals surface area contributed by atoms with E-state index >= 15 is 0 Å². The van der Waals surface area contributed by atoms with E-state index in [1.165, 1.54) is 0 Å². The molecule has 0 aromatic rings. The summed E-state index contributed by atoms with van der Waals surface area (Å²) < 4.78 is 1.73. The van der Waals surface area contributed by atoms with Crippen molar-refractivity contribution < 1.29 is 0 Å². The first kappa shape index (κ1) is 18.2. The van der Waals surface area contributed by atoms with E-state index in [0.29, 0.717) is 0 Å². The van der Waals surface area contributed by atoms with E-state index in [2.05, 4.69) is 24.5 Å². The van der Waals surface area contributed by atoms with Gasteiger partial charge in [0.2, 0.25) is 0 Å². The summed E-state index contributed by atoms with van der Waals surface area (Å²) in [6, 6.07) is 0. The number of thioether (sulfide) groups is 2. The van der Waals surface area contributed by atoms with Gasteiger partial charge in [-0.05, 0) is 11.5 Å². The SMILES string of the molecule is CCSC(=S)NCCNC(=S)SCC.S. The molecular weight excluding hydrogens is 284 g/mol. The van der Waals surface area contributed by atoms with Crippen LogP contribution in [0.2, 0.25) is 0 Å². The molecule has 0 atom stereocenters. The van der Waals surface area contributed by atoms with Crippen LogP contribution in [0.3, 0.4) is 0 Å². The molecule has 0 aliphatic carbocycles. The van der Waals surface area contributed by atoms with Gasteiger partial charge in [0.15, 0.2) is 0 Å². The summed E-state index contributed by atoms with van der Waals surface area (Å²) in [5, 5.41) is 6.29. The molecule has 15 heavy (non-hydrogen) atoms. The van der Waals surface area contributed by atoms with Gasteiger partial charge in [0.1, 0.15) is 8.64 Å². The topological polar surface area (TPSA) is 24.1 Å². The zero-order valence-electron chi connectivity index (χ0n) is 8.96. The first-order valence-corrected chi connectivity index (χ1v) is 7.30. The van der Waals surface area contributed by atoms with E-state index in [4.69, 9.17) is 24.4 Å². The third-order valence-corrected chi connectivity index (χ3v) is 3.60. The lowest BCUT2D eigenvalue weighted by atomic mass is 10.6. The van der Waals surface area contributed by atoms with E-state index in [0.717, 1.165) is 33.2 Å². The van der Waals surface area contributed by atoms with Crippen molar-refractivity contribution in [3.8, 4) is 0 Å². The van der Waals surface area contributed by atoms with Gasteiger partial charge < -0.3 is 10.6 Å². The molecule has 0 saturated carbocycles. The van der Waals surface area contributed by atoms with E-state index in [9.17, 15) is 0 Å². The first-order chi connectivity index (χ1) is 6.70. The highest BCUT2D eigenvalue weighted by Crippen LogP contribution is 2.00. The lowest BCUT2D eigenvalue weighted by molar-refractivity contribution is 0.833. The monoisotopic (exact) mass is 302 g/mol. The quantitative estimate of drug-likeness (QED) is 0.597. The fourth-order valence-corrected chi connectivity index (χ4v) is 2.54. The molecule has 0 aromatic heterocycles. The van der Waals surface area contributed by atoms with Gasteiger partial charge in [0.25, 0.3) is 0 Å². The molecule has 90 valence electrons. The second-order valence-corrected chi connectivity index (χ2v) is 6.18. The van der Waals surface area contributed by atoms with Crippen LogP contribution < -0.4 is 10.6 Å². The van der Waals surface area contributed by atoms with Crippen LogP contribution in [0, 0.1) is 0 Å². The van der Waals surface area contributed by atoms with E-state index in [1.54, 1.807) is 23.5 Å². The average Bonchev–Trinajstić information content (AvgIpc) is 2.13. The van der Waals surface area contributed by atoms with Crippen LogP contribution >= 0.6 is 61.5 Å². The Morgan fingerprint density at radius 3 is 1.53 bits per heavy atom. The lowest BCUT2D eigenvalue weighted by Crippen LogP contribution is -2.31. The third kappa shape index (κ3) is 12.8. The summed E-state index contributed by atoms with van der Waals surface area (Å²) in [5.74, 6) is 2.03. The van der Waals surface area contributed by atoms with Gasteiger partial charge in [-0.25, -0.2) is 0 Å². The summed E-state index contributed by atoms with van der Waals surface area (Å²) in [4.78, 5) is 0. The minimum atomic E-state index is 0. The highest BCUT2D eigenvalue weighted by atomic mass is 32.2. The van der Waals surface area contributed by atoms with E-state index in [-0.39, 0.29) is 13.5 Å². The Bertz CT molecular complexity index is 166. The van der Waals surface area contributed by atoms with Crippen LogP contribution in [0.5, 0.6) is 0 Å². The van der Waals surface area contributed by atoms with Gasteiger partial charge in [-0.3, -0.25) is 0 Å². The summed E-state index contributed by atoms with van der Waals surface area (Å²) in [6.07, 6.45) is 0. The molecule has 0 heterocycles. The Morgan fingerprint density at radius 1 is 0.933 bits per heavy atom. The van der Waals surface area contributed by atoms with Gasteiger partial charge in [-0.2, -0.15) is 13.5 Å². The van der Waals surface area contributed by atoms with Crippen LogP contribution in [0.15, 0.2) is 0 Å². The number of hydrogen-bond donors (Lipinski definition) is 2. The van der Waals surface area contributed by atoms with E-state index < -0.39 is 0 Å². The molecule has 0 saturated heterocycles. The minimum Gasteiger partial charge on any atom is -0.369 e. The first-order valence-electron chi connectivity index (χ1n) is 4.52. The number of nitrogens with one attached hydrogen (secondary N) is 2. The molecular formula is C8H18N2S5. The van der Waals surface area contributed by atoms with Crippen molar-refractivity contribution in [2.24, 2.45) is 0 Å². The Hall–Kier alpha value is 0.830. The largest absolute Gasteiger partial charge is 0.369 e. The molecule has 0 unspecified atom stereocenters. The normalized spacial score (nSPS) is 8.93. The number of hydrogen-bond acceptors (Lipinski definition) is 4. The summed E-state index contributed by atoms with van der Waals surface area (Å²) in [5.41, 5.74) is 0. The Morgan fingerprint density at radius 2 is 1.27 bits per heavy atom. The van der Waals surface area contributed by atoms with Gasteiger partial charge in [-0.1, -0.05) is 61.8 Å². The third-order valence-electron chi connectivity index (χ3n) is 1.21. The van der Waals surface area contributed by atoms with Crippen LogP contribution in [0.4, 0.5) is 0 Å². The molecule has 0 aromatic carbocycles. The molecule has 0 aliphatic rings. The molecule has 0 bridgehead atoms. The molecule has 0 rings (SSSR count). The van der Waals surface area contributed by atoms with Crippen molar-refractivity contribution in [3.63, 3.8) is 0 Å². The molecule has 0 spiro atoms. The van der Waals surface area contributed by atoms with Gasteiger partial charge in [-0.15, -0.1) is 0 Å². The fourth-order valence-electron chi connectivity index (χ4n) is 0.693. The molecule has 0 fully saturated rings. The molecule has 2 N–H and O–H groups in total. The van der Waals surface area contributed by atoms with Crippen LogP contribution in [0.1, 0.15) is 13.8 Å². The predicted octanol–water partition coefficient (Wildman–Crippen LogP) is 2.35. The second kappa shape index (κ2) is 12.9. The maximum absolute atomic E-state index is 5.07. The Kier molecular flexibility index (Phi) is 15.7. The average molecular weight is 303 g/mol. The fraction of sp³-hybridized carbons (Fsp3) is 0.750. The summed E-state index contributed by atoms with van der Waals surface area (Å²) in [7, 11) is 0. The maximum Gasteiger partial charge on any atom is 0.133 e. The summed E-state index contributed by atoms with van der Waals surface area (Å²) in [6.45, 7) is 5.83. The zero-order valence-corrected chi connectivity index (χ0v) is 13.2. The lowest BCUT2D eigenvalue weighted by Gasteiger charge is -2.08. The number of rotatable bonds is 5. The minimum absolute atomic E-state index is 0. The van der Waals surface area contributed by atoms with E-state index in [1.807, 2.05) is 0 Å². The summed E-state index contributed by atoms with van der Waals surface area (Å²) >= 11 is 13.4. The van der Waals surface area contributed by atoms with Gasteiger partial charge >= 0.3 is 0 Å². The molecule has 0 radical (unpaired) electrons. The van der Waals surface area contributed by atoms with Crippen molar-refractivity contribution in [2.75, 3.05) is 24.6 Å². The molecule has 0 aliphatic heterocycles. The zero-order chi connectivity index (χ0) is 10.8. The van der Waals surface area contributed by atoms with Crippen molar-refractivity contribution in [3.05, 3.63) is 0 Å².